The first-order chi connectivity index (χ1) is 9.72. The van der Waals surface area contributed by atoms with Crippen LogP contribution in [0, 0.1) is 0 Å². The van der Waals surface area contributed by atoms with E-state index >= 15 is 0 Å². The Labute approximate surface area is 117 Å². The van der Waals surface area contributed by atoms with Crippen molar-refractivity contribution in [1.29, 1.82) is 0 Å². The van der Waals surface area contributed by atoms with E-state index in [0.29, 0.717) is 0 Å². The summed E-state index contributed by atoms with van der Waals surface area (Å²) in [6, 6.07) is 19.5. The summed E-state index contributed by atoms with van der Waals surface area (Å²) in [7, 11) is 0. The number of pyridine rings is 1. The Morgan fingerprint density at radius 2 is 1.40 bits per heavy atom. The molecule has 1 aromatic heterocycles. The van der Waals surface area contributed by atoms with Crippen molar-refractivity contribution < 1.29 is 0 Å². The Hall–Kier alpha value is -2.81. The lowest BCUT2D eigenvalue weighted by atomic mass is 10.1. The summed E-state index contributed by atoms with van der Waals surface area (Å²) in [4.78, 5) is 4.50. The summed E-state index contributed by atoms with van der Waals surface area (Å²) >= 11 is 0. The molecule has 0 atom stereocenters. The largest absolute Gasteiger partial charge is 0.399 e. The SMILES string of the molecule is Nc1ccc(-c2ccc(-c3cccc(N)c3)cn2)cc1. The van der Waals surface area contributed by atoms with Crippen LogP contribution in [0.15, 0.2) is 66.9 Å². The molecule has 0 saturated heterocycles. The van der Waals surface area contributed by atoms with Crippen LogP contribution in [0.1, 0.15) is 0 Å². The first-order valence-corrected chi connectivity index (χ1v) is 6.40. The fraction of sp³-hybridized carbons (Fsp3) is 0. The number of benzene rings is 2. The second-order valence-corrected chi connectivity index (χ2v) is 4.68. The molecule has 0 aliphatic rings. The molecular weight excluding hydrogens is 246 g/mol. The predicted octanol–water partition coefficient (Wildman–Crippen LogP) is 3.58. The molecule has 20 heavy (non-hydrogen) atoms. The van der Waals surface area contributed by atoms with Crippen molar-refractivity contribution >= 4 is 11.4 Å². The fourth-order valence-electron chi connectivity index (χ4n) is 2.11. The molecule has 3 nitrogen and oxygen atoms in total. The quantitative estimate of drug-likeness (QED) is 0.693. The smallest absolute Gasteiger partial charge is 0.0702 e. The van der Waals surface area contributed by atoms with E-state index in [0.717, 1.165) is 33.8 Å². The average Bonchev–Trinajstić information content (AvgIpc) is 2.48. The third kappa shape index (κ3) is 2.47. The van der Waals surface area contributed by atoms with E-state index in [2.05, 4.69) is 4.98 Å². The molecule has 0 aliphatic carbocycles. The van der Waals surface area contributed by atoms with Crippen LogP contribution in [0.2, 0.25) is 0 Å². The van der Waals surface area contributed by atoms with E-state index in [-0.39, 0.29) is 0 Å². The summed E-state index contributed by atoms with van der Waals surface area (Å²) in [5.74, 6) is 0. The lowest BCUT2D eigenvalue weighted by Crippen LogP contribution is -1.88. The van der Waals surface area contributed by atoms with E-state index < -0.39 is 0 Å². The molecule has 0 radical (unpaired) electrons. The minimum atomic E-state index is 0.755. The standard InChI is InChI=1S/C17H15N3/c18-15-7-4-12(5-8-15)17-9-6-14(11-20-17)13-2-1-3-16(19)10-13/h1-11H,18-19H2. The number of hydrogen-bond acceptors (Lipinski definition) is 3. The molecule has 2 aromatic carbocycles. The molecular formula is C17H15N3. The Morgan fingerprint density at radius 3 is 2.05 bits per heavy atom. The molecule has 0 saturated carbocycles. The van der Waals surface area contributed by atoms with E-state index in [1.54, 1.807) is 0 Å². The summed E-state index contributed by atoms with van der Waals surface area (Å²) < 4.78 is 0. The summed E-state index contributed by atoms with van der Waals surface area (Å²) in [6.07, 6.45) is 1.86. The third-order valence-electron chi connectivity index (χ3n) is 3.19. The maximum absolute atomic E-state index is 5.80. The van der Waals surface area contributed by atoms with Gasteiger partial charge in [-0.3, -0.25) is 4.98 Å². The van der Waals surface area contributed by atoms with Crippen LogP contribution in [0.4, 0.5) is 11.4 Å². The number of aromatic nitrogens is 1. The van der Waals surface area contributed by atoms with Gasteiger partial charge >= 0.3 is 0 Å². The highest BCUT2D eigenvalue weighted by atomic mass is 14.7. The van der Waals surface area contributed by atoms with E-state index in [1.807, 2.05) is 66.9 Å². The molecule has 4 N–H and O–H groups in total. The van der Waals surface area contributed by atoms with Gasteiger partial charge in [-0.1, -0.05) is 30.3 Å². The molecule has 0 spiro atoms. The van der Waals surface area contributed by atoms with Crippen molar-refractivity contribution in [3.63, 3.8) is 0 Å². The zero-order chi connectivity index (χ0) is 13.9. The monoisotopic (exact) mass is 261 g/mol. The van der Waals surface area contributed by atoms with Gasteiger partial charge in [-0.05, 0) is 35.9 Å². The third-order valence-corrected chi connectivity index (χ3v) is 3.19. The van der Waals surface area contributed by atoms with Gasteiger partial charge in [0.05, 0.1) is 5.69 Å². The highest BCUT2D eigenvalue weighted by Gasteiger charge is 2.02. The number of hydrogen-bond donors (Lipinski definition) is 2. The molecule has 3 aromatic rings. The lowest BCUT2D eigenvalue weighted by molar-refractivity contribution is 1.33. The van der Waals surface area contributed by atoms with Gasteiger partial charge in [-0.25, -0.2) is 0 Å². The number of nitrogen functional groups attached to an aromatic ring is 2. The second-order valence-electron chi connectivity index (χ2n) is 4.68. The zero-order valence-electron chi connectivity index (χ0n) is 11.0. The van der Waals surface area contributed by atoms with Gasteiger partial charge in [-0.15, -0.1) is 0 Å². The van der Waals surface area contributed by atoms with Crippen LogP contribution < -0.4 is 11.5 Å². The molecule has 1 heterocycles. The second kappa shape index (κ2) is 5.05. The van der Waals surface area contributed by atoms with Crippen LogP contribution in [-0.4, -0.2) is 4.98 Å². The molecule has 3 heteroatoms. The van der Waals surface area contributed by atoms with Gasteiger partial charge in [-0.2, -0.15) is 0 Å². The van der Waals surface area contributed by atoms with Crippen molar-refractivity contribution in [2.45, 2.75) is 0 Å². The summed E-state index contributed by atoms with van der Waals surface area (Å²) in [5, 5.41) is 0. The number of nitrogens with two attached hydrogens (primary N) is 2. The highest BCUT2D eigenvalue weighted by Crippen LogP contribution is 2.24. The lowest BCUT2D eigenvalue weighted by Gasteiger charge is -2.05. The number of anilines is 2. The minimum Gasteiger partial charge on any atom is -0.399 e. The topological polar surface area (TPSA) is 64.9 Å². The molecule has 0 aliphatic heterocycles. The predicted molar refractivity (Wildman–Crippen MR) is 83.9 cm³/mol. The van der Waals surface area contributed by atoms with Crippen LogP contribution in [-0.2, 0) is 0 Å². The maximum atomic E-state index is 5.80. The van der Waals surface area contributed by atoms with E-state index in [4.69, 9.17) is 11.5 Å². The number of nitrogens with zero attached hydrogens (tertiary/aromatic N) is 1. The normalized spacial score (nSPS) is 10.4. The fourth-order valence-corrected chi connectivity index (χ4v) is 2.11. The summed E-state index contributed by atoms with van der Waals surface area (Å²) in [5.41, 5.74) is 17.1. The Kier molecular flexibility index (Phi) is 3.09. The minimum absolute atomic E-state index is 0.755. The van der Waals surface area contributed by atoms with Gasteiger partial charge in [0.15, 0.2) is 0 Å². The van der Waals surface area contributed by atoms with Crippen LogP contribution >= 0.6 is 0 Å². The van der Waals surface area contributed by atoms with Gasteiger partial charge in [0.25, 0.3) is 0 Å². The molecule has 0 fully saturated rings. The van der Waals surface area contributed by atoms with Crippen molar-refractivity contribution in [3.8, 4) is 22.4 Å². The van der Waals surface area contributed by atoms with Gasteiger partial charge in [0.2, 0.25) is 0 Å². The molecule has 0 unspecified atom stereocenters. The summed E-state index contributed by atoms with van der Waals surface area (Å²) in [6.45, 7) is 0. The van der Waals surface area contributed by atoms with Crippen molar-refractivity contribution in [2.24, 2.45) is 0 Å². The molecule has 0 bridgehead atoms. The van der Waals surface area contributed by atoms with Crippen LogP contribution in [0.25, 0.3) is 22.4 Å². The Bertz CT molecular complexity index is 716. The average molecular weight is 261 g/mol. The molecule has 98 valence electrons. The number of rotatable bonds is 2. The highest BCUT2D eigenvalue weighted by molar-refractivity contribution is 5.69. The van der Waals surface area contributed by atoms with Crippen LogP contribution in [0.5, 0.6) is 0 Å². The van der Waals surface area contributed by atoms with E-state index in [1.165, 1.54) is 0 Å². The van der Waals surface area contributed by atoms with Gasteiger partial charge < -0.3 is 11.5 Å². The Morgan fingerprint density at radius 1 is 0.650 bits per heavy atom. The maximum Gasteiger partial charge on any atom is 0.0702 e. The van der Waals surface area contributed by atoms with Crippen molar-refractivity contribution in [2.75, 3.05) is 11.5 Å². The first kappa shape index (κ1) is 12.2. The van der Waals surface area contributed by atoms with Crippen molar-refractivity contribution in [3.05, 3.63) is 66.9 Å². The zero-order valence-corrected chi connectivity index (χ0v) is 11.0. The van der Waals surface area contributed by atoms with Gasteiger partial charge in [0, 0.05) is 28.7 Å². The Balaban J connectivity index is 1.93. The van der Waals surface area contributed by atoms with Crippen molar-refractivity contribution in [1.82, 2.24) is 4.98 Å². The van der Waals surface area contributed by atoms with Crippen LogP contribution in [0.3, 0.4) is 0 Å². The van der Waals surface area contributed by atoms with Gasteiger partial charge in [0.1, 0.15) is 0 Å². The first-order valence-electron chi connectivity index (χ1n) is 6.40. The van der Waals surface area contributed by atoms with E-state index in [9.17, 15) is 0 Å². The molecule has 3 rings (SSSR count). The molecule has 0 amide bonds.